The molecule has 0 fully saturated rings. The Kier molecular flexibility index (Phi) is 5.99. The maximum atomic E-state index is 13.8. The van der Waals surface area contributed by atoms with Crippen molar-refractivity contribution < 1.29 is 45.7 Å². The predicted molar refractivity (Wildman–Crippen MR) is 107 cm³/mol. The molecule has 4 rings (SSSR count). The molecule has 0 bridgehead atoms. The maximum absolute atomic E-state index is 13.8. The number of nitrogens with zero attached hydrogens (tertiary/aromatic N) is 3. The Labute approximate surface area is 193 Å². The van der Waals surface area contributed by atoms with E-state index < -0.39 is 54.2 Å². The van der Waals surface area contributed by atoms with Gasteiger partial charge in [-0.1, -0.05) is 12.1 Å². The summed E-state index contributed by atoms with van der Waals surface area (Å²) in [6.07, 6.45) is -13.6. The predicted octanol–water partition coefficient (Wildman–Crippen LogP) is 5.26. The van der Waals surface area contributed by atoms with E-state index in [1.165, 1.54) is 19.2 Å². The van der Waals surface area contributed by atoms with Crippen LogP contribution >= 0.6 is 0 Å². The van der Waals surface area contributed by atoms with E-state index in [-0.39, 0.29) is 16.8 Å². The minimum atomic E-state index is -5.04. The van der Waals surface area contributed by atoms with Crippen LogP contribution in [0.4, 0.5) is 26.3 Å². The van der Waals surface area contributed by atoms with Crippen LogP contribution in [0.2, 0.25) is 0 Å². The van der Waals surface area contributed by atoms with Crippen molar-refractivity contribution in [2.45, 2.75) is 37.9 Å². The molecular weight excluding hydrogens is 484 g/mol. The van der Waals surface area contributed by atoms with Gasteiger partial charge in [-0.15, -0.1) is 10.2 Å². The van der Waals surface area contributed by atoms with Crippen molar-refractivity contribution in [3.63, 3.8) is 0 Å². The van der Waals surface area contributed by atoms with Crippen LogP contribution in [0.15, 0.2) is 36.4 Å². The number of alkyl halides is 6. The van der Waals surface area contributed by atoms with Crippen LogP contribution < -0.4 is 4.74 Å². The summed E-state index contributed by atoms with van der Waals surface area (Å²) in [5.74, 6) is -3.07. The van der Waals surface area contributed by atoms with Gasteiger partial charge >= 0.3 is 18.3 Å². The van der Waals surface area contributed by atoms with Gasteiger partial charge in [0.05, 0.1) is 24.8 Å². The molecule has 2 aromatic carbocycles. The summed E-state index contributed by atoms with van der Waals surface area (Å²) in [6.45, 7) is 1.60. The normalized spacial score (nSPS) is 17.9. The number of rotatable bonds is 4. The highest BCUT2D eigenvalue weighted by molar-refractivity contribution is 5.67. The molecule has 1 aliphatic heterocycles. The molecule has 1 aromatic heterocycles. The van der Waals surface area contributed by atoms with E-state index in [0.29, 0.717) is 28.0 Å². The van der Waals surface area contributed by atoms with Crippen molar-refractivity contribution in [2.75, 3.05) is 7.11 Å². The number of benzene rings is 2. The number of carboxylic acids is 1. The number of aliphatic carboxylic acids is 1. The van der Waals surface area contributed by atoms with Crippen LogP contribution in [-0.2, 0) is 21.9 Å². The smallest absolute Gasteiger partial charge is 0.452 e. The Morgan fingerprint density at radius 3 is 2.40 bits per heavy atom. The second-order valence-electron chi connectivity index (χ2n) is 7.76. The van der Waals surface area contributed by atoms with Gasteiger partial charge in [0.2, 0.25) is 5.82 Å². The molecule has 186 valence electrons. The Morgan fingerprint density at radius 2 is 1.80 bits per heavy atom. The summed E-state index contributed by atoms with van der Waals surface area (Å²) in [6, 6.07) is 6.84. The lowest BCUT2D eigenvalue weighted by Crippen LogP contribution is -2.17. The second-order valence-corrected chi connectivity index (χ2v) is 7.76. The number of fused-ring (bicyclic) bond motifs is 3. The fraction of sp³-hybridized carbons (Fsp3) is 0.318. The number of carboxylic acid groups (broad SMARTS) is 1. The molecule has 0 spiro atoms. The molecule has 35 heavy (non-hydrogen) atoms. The fourth-order valence-electron chi connectivity index (χ4n) is 4.04. The zero-order chi connectivity index (χ0) is 25.7. The number of hydrogen-bond acceptors (Lipinski definition) is 5. The Balaban J connectivity index is 2.07. The summed E-state index contributed by atoms with van der Waals surface area (Å²) < 4.78 is 93.9. The van der Waals surface area contributed by atoms with Gasteiger partial charge in [-0.3, -0.25) is 9.36 Å². The highest BCUT2D eigenvalue weighted by Crippen LogP contribution is 2.46. The molecule has 3 aromatic rings. The van der Waals surface area contributed by atoms with Crippen molar-refractivity contribution in [1.29, 1.82) is 0 Å². The van der Waals surface area contributed by atoms with Crippen LogP contribution in [0.3, 0.4) is 0 Å². The van der Waals surface area contributed by atoms with Crippen molar-refractivity contribution in [3.8, 4) is 11.4 Å². The summed E-state index contributed by atoms with van der Waals surface area (Å²) in [4.78, 5) is 11.5. The molecule has 1 aliphatic rings. The van der Waals surface area contributed by atoms with Crippen molar-refractivity contribution in [2.24, 2.45) is 0 Å². The van der Waals surface area contributed by atoms with Crippen LogP contribution in [0.25, 0.3) is 5.69 Å². The number of hydrogen-bond donors (Lipinski definition) is 1. The lowest BCUT2D eigenvalue weighted by atomic mass is 9.94. The van der Waals surface area contributed by atoms with Gasteiger partial charge in [0.25, 0.3) is 0 Å². The monoisotopic (exact) mass is 501 g/mol. The topological polar surface area (TPSA) is 86.5 Å². The summed E-state index contributed by atoms with van der Waals surface area (Å²) in [5, 5.41) is 16.1. The van der Waals surface area contributed by atoms with E-state index in [9.17, 15) is 36.2 Å². The van der Waals surface area contributed by atoms with Gasteiger partial charge in [0, 0.05) is 5.56 Å². The maximum Gasteiger partial charge on any atom is 0.452 e. The van der Waals surface area contributed by atoms with Crippen molar-refractivity contribution >= 4 is 5.97 Å². The van der Waals surface area contributed by atoms with E-state index in [2.05, 4.69) is 10.2 Å². The van der Waals surface area contributed by atoms with Gasteiger partial charge in [0.15, 0.2) is 5.82 Å². The first-order valence-electron chi connectivity index (χ1n) is 10.1. The van der Waals surface area contributed by atoms with E-state index in [1.54, 1.807) is 13.0 Å². The molecule has 0 saturated heterocycles. The second kappa shape index (κ2) is 8.56. The number of halogens is 6. The molecule has 0 aliphatic carbocycles. The lowest BCUT2D eigenvalue weighted by molar-refractivity contribution is -0.146. The number of aromatic nitrogens is 3. The van der Waals surface area contributed by atoms with Gasteiger partial charge in [0.1, 0.15) is 18.0 Å². The van der Waals surface area contributed by atoms with Crippen molar-refractivity contribution in [3.05, 3.63) is 70.3 Å². The highest BCUT2D eigenvalue weighted by atomic mass is 19.4. The molecule has 7 nitrogen and oxygen atoms in total. The Morgan fingerprint density at radius 1 is 1.09 bits per heavy atom. The number of carbonyl (C=O) groups is 1. The molecule has 0 radical (unpaired) electrons. The van der Waals surface area contributed by atoms with Crippen LogP contribution in [0.5, 0.6) is 5.75 Å². The fourth-order valence-corrected chi connectivity index (χ4v) is 4.04. The van der Waals surface area contributed by atoms with Gasteiger partial charge < -0.3 is 14.6 Å². The Bertz CT molecular complexity index is 1290. The largest absolute Gasteiger partial charge is 0.496 e. The van der Waals surface area contributed by atoms with Crippen LogP contribution in [-0.4, -0.2) is 33.0 Å². The number of methoxy groups -OCH3 is 1. The Hall–Kier alpha value is -3.61. The third kappa shape index (κ3) is 4.43. The standard InChI is InChI=1S/C22H17F6N3O4/c1-10-12(4-3-5-15(10)34-2)18-13-8-11(21(23,24)25)6-7-14(13)31-19(16(35-18)9-17(32)33)29-30-20(31)22(26,27)28/h3-8,16,18H,9H2,1-2H3,(H,32,33)/t16-,18?/m0/s1. The first-order valence-corrected chi connectivity index (χ1v) is 10.1. The van der Waals surface area contributed by atoms with Crippen LogP contribution in [0, 0.1) is 6.92 Å². The summed E-state index contributed by atoms with van der Waals surface area (Å²) in [5.41, 5.74) is -0.968. The molecule has 2 heterocycles. The molecule has 0 amide bonds. The minimum Gasteiger partial charge on any atom is -0.496 e. The van der Waals surface area contributed by atoms with Crippen LogP contribution in [0.1, 0.15) is 52.5 Å². The van der Waals surface area contributed by atoms with E-state index in [4.69, 9.17) is 9.47 Å². The molecule has 1 unspecified atom stereocenters. The van der Waals surface area contributed by atoms with Gasteiger partial charge in [-0.2, -0.15) is 26.3 Å². The quantitative estimate of drug-likeness (QED) is 0.491. The highest BCUT2D eigenvalue weighted by Gasteiger charge is 2.44. The van der Waals surface area contributed by atoms with Gasteiger partial charge in [-0.25, -0.2) is 0 Å². The first-order chi connectivity index (χ1) is 16.3. The van der Waals surface area contributed by atoms with E-state index in [1.807, 2.05) is 0 Å². The van der Waals surface area contributed by atoms with E-state index in [0.717, 1.165) is 6.07 Å². The minimum absolute atomic E-state index is 0.268. The molecule has 2 atom stereocenters. The molecular formula is C22H17F6N3O4. The average Bonchev–Trinajstić information content (AvgIpc) is 3.17. The van der Waals surface area contributed by atoms with Crippen molar-refractivity contribution in [1.82, 2.24) is 14.8 Å². The lowest BCUT2D eigenvalue weighted by Gasteiger charge is -2.24. The third-order valence-corrected chi connectivity index (χ3v) is 5.60. The third-order valence-electron chi connectivity index (χ3n) is 5.60. The molecule has 0 saturated carbocycles. The summed E-state index contributed by atoms with van der Waals surface area (Å²) in [7, 11) is 1.37. The first kappa shape index (κ1) is 24.5. The molecule has 13 heteroatoms. The van der Waals surface area contributed by atoms with E-state index >= 15 is 0 Å². The molecule has 1 N–H and O–H groups in total. The van der Waals surface area contributed by atoms with Gasteiger partial charge in [-0.05, 0) is 42.3 Å². The average molecular weight is 501 g/mol. The zero-order valence-electron chi connectivity index (χ0n) is 18.1. The summed E-state index contributed by atoms with van der Waals surface area (Å²) >= 11 is 0. The SMILES string of the molecule is COc1cccc(C2O[C@@H](CC(=O)O)c3nnc(C(F)(F)F)n3-c3ccc(C(F)(F)F)cc32)c1C. The zero-order valence-corrected chi connectivity index (χ0v) is 18.1. The number of ether oxygens (including phenoxy) is 2.